The number of phenols is 3. The van der Waals surface area contributed by atoms with Gasteiger partial charge in [-0.05, 0) is 66.2 Å². The van der Waals surface area contributed by atoms with Crippen LogP contribution >= 0.6 is 0 Å². The second-order valence-electron chi connectivity index (χ2n) is 6.94. The lowest BCUT2D eigenvalue weighted by atomic mass is 10.1. The molecule has 0 unspecified atom stereocenters. The minimum Gasteiger partial charge on any atom is -0.508 e. The number of phenolic OH excluding ortho intramolecular Hbond substituents is 3. The normalized spacial score (nSPS) is 10.6. The van der Waals surface area contributed by atoms with Gasteiger partial charge in [0.1, 0.15) is 22.9 Å². The summed E-state index contributed by atoms with van der Waals surface area (Å²) in [5.41, 5.74) is 3.19. The van der Waals surface area contributed by atoms with Gasteiger partial charge in [-0.25, -0.2) is 9.97 Å². The molecule has 0 saturated heterocycles. The predicted molar refractivity (Wildman–Crippen MR) is 117 cm³/mol. The number of carbonyl (C=O) groups excluding carboxylic acids is 1. The molecule has 0 atom stereocenters. The number of nitrogens with zero attached hydrogens (tertiary/aromatic N) is 2. The molecule has 4 aromatic rings. The molecule has 0 aliphatic rings. The van der Waals surface area contributed by atoms with Crippen molar-refractivity contribution >= 4 is 11.7 Å². The van der Waals surface area contributed by atoms with E-state index >= 15 is 0 Å². The van der Waals surface area contributed by atoms with E-state index in [2.05, 4.69) is 15.3 Å². The maximum Gasteiger partial charge on any atom is 0.230 e. The number of hydrogen-bond donors (Lipinski definition) is 4. The van der Waals surface area contributed by atoms with Crippen LogP contribution in [-0.4, -0.2) is 31.2 Å². The summed E-state index contributed by atoms with van der Waals surface area (Å²) in [4.78, 5) is 21.7. The summed E-state index contributed by atoms with van der Waals surface area (Å²) in [6.07, 6.45) is 1.66. The second-order valence-corrected chi connectivity index (χ2v) is 6.94. The highest BCUT2D eigenvalue weighted by atomic mass is 16.3. The van der Waals surface area contributed by atoms with Crippen LogP contribution in [0.4, 0.5) is 5.82 Å². The Balaban J connectivity index is 1.67. The molecule has 0 aliphatic carbocycles. The van der Waals surface area contributed by atoms with E-state index in [-0.39, 0.29) is 35.4 Å². The molecular weight excluding hydrogens is 394 g/mol. The number of hydrogen-bond acceptors (Lipinski definition) is 6. The summed E-state index contributed by atoms with van der Waals surface area (Å²) in [7, 11) is 0. The number of carbonyl (C=O) groups is 1. The predicted octanol–water partition coefficient (Wildman–Crippen LogP) is 4.11. The van der Waals surface area contributed by atoms with Crippen LogP contribution in [0.15, 0.2) is 79.0 Å². The third-order valence-corrected chi connectivity index (χ3v) is 4.64. The Labute approximate surface area is 178 Å². The Hall–Kier alpha value is -4.39. The third kappa shape index (κ3) is 4.79. The number of nitrogens with one attached hydrogen (secondary N) is 1. The van der Waals surface area contributed by atoms with E-state index in [1.165, 1.54) is 24.3 Å². The van der Waals surface area contributed by atoms with Gasteiger partial charge in [0.05, 0.1) is 18.3 Å². The van der Waals surface area contributed by atoms with Gasteiger partial charge < -0.3 is 20.6 Å². The lowest BCUT2D eigenvalue weighted by Crippen LogP contribution is -2.16. The minimum atomic E-state index is -0.280. The molecule has 0 radical (unpaired) electrons. The van der Waals surface area contributed by atoms with E-state index in [0.717, 1.165) is 11.1 Å². The number of anilines is 1. The summed E-state index contributed by atoms with van der Waals surface area (Å²) < 4.78 is 0. The Kier molecular flexibility index (Phi) is 5.49. The van der Waals surface area contributed by atoms with Crippen molar-refractivity contribution in [2.45, 2.75) is 6.42 Å². The van der Waals surface area contributed by atoms with Gasteiger partial charge in [-0.1, -0.05) is 12.1 Å². The van der Waals surface area contributed by atoms with Gasteiger partial charge in [-0.15, -0.1) is 0 Å². The molecular formula is C24H19N3O4. The van der Waals surface area contributed by atoms with Crippen molar-refractivity contribution < 1.29 is 20.1 Å². The summed E-state index contributed by atoms with van der Waals surface area (Å²) >= 11 is 0. The van der Waals surface area contributed by atoms with Gasteiger partial charge in [0.2, 0.25) is 5.91 Å². The number of benzene rings is 3. The summed E-state index contributed by atoms with van der Waals surface area (Å²) in [6.45, 7) is 0. The average molecular weight is 413 g/mol. The van der Waals surface area contributed by atoms with Gasteiger partial charge in [-0.2, -0.15) is 0 Å². The third-order valence-electron chi connectivity index (χ3n) is 4.64. The van der Waals surface area contributed by atoms with Crippen molar-refractivity contribution in [3.63, 3.8) is 0 Å². The van der Waals surface area contributed by atoms with E-state index in [4.69, 9.17) is 0 Å². The van der Waals surface area contributed by atoms with E-state index < -0.39 is 0 Å². The fraction of sp³-hybridized carbons (Fsp3) is 0.0417. The first-order valence-electron chi connectivity index (χ1n) is 9.51. The molecule has 7 nitrogen and oxygen atoms in total. The zero-order valence-electron chi connectivity index (χ0n) is 16.4. The second kappa shape index (κ2) is 8.54. The molecule has 3 aromatic carbocycles. The van der Waals surface area contributed by atoms with Crippen LogP contribution in [0.25, 0.3) is 22.5 Å². The van der Waals surface area contributed by atoms with Crippen LogP contribution in [0.5, 0.6) is 17.2 Å². The van der Waals surface area contributed by atoms with Gasteiger partial charge in [0.25, 0.3) is 0 Å². The SMILES string of the molecule is O=C(Cc1ccc(O)cc1)Nc1ncc(-c2ccc(O)cc2)nc1-c1ccc(O)cc1. The van der Waals surface area contributed by atoms with Crippen molar-refractivity contribution in [2.24, 2.45) is 0 Å². The standard InChI is InChI=1S/C24H19N3O4/c28-18-7-1-15(2-8-18)13-22(31)27-24-23(17-5-11-20(30)12-6-17)26-21(14-25-24)16-3-9-19(29)10-4-16/h1-12,14,28-30H,13H2,(H,25,27,31). The minimum absolute atomic E-state index is 0.108. The maximum absolute atomic E-state index is 12.6. The number of rotatable bonds is 5. The molecule has 4 rings (SSSR count). The topological polar surface area (TPSA) is 116 Å². The van der Waals surface area contributed by atoms with Crippen LogP contribution in [0.3, 0.4) is 0 Å². The van der Waals surface area contributed by atoms with Crippen LogP contribution < -0.4 is 5.32 Å². The first kappa shape index (κ1) is 19.9. The molecule has 7 heteroatoms. The molecule has 0 spiro atoms. The first-order valence-corrected chi connectivity index (χ1v) is 9.51. The highest BCUT2D eigenvalue weighted by molar-refractivity contribution is 5.94. The average Bonchev–Trinajstić information content (AvgIpc) is 2.77. The van der Waals surface area contributed by atoms with E-state index in [0.29, 0.717) is 17.0 Å². The lowest BCUT2D eigenvalue weighted by molar-refractivity contribution is -0.115. The van der Waals surface area contributed by atoms with Crippen molar-refractivity contribution in [1.82, 2.24) is 9.97 Å². The van der Waals surface area contributed by atoms with Gasteiger partial charge >= 0.3 is 0 Å². The van der Waals surface area contributed by atoms with Crippen molar-refractivity contribution in [1.29, 1.82) is 0 Å². The Morgan fingerprint density at radius 3 is 1.84 bits per heavy atom. The zero-order valence-corrected chi connectivity index (χ0v) is 16.4. The van der Waals surface area contributed by atoms with Crippen molar-refractivity contribution in [2.75, 3.05) is 5.32 Å². The Morgan fingerprint density at radius 1 is 0.742 bits per heavy atom. The van der Waals surface area contributed by atoms with Gasteiger partial charge in [-0.3, -0.25) is 4.79 Å². The first-order chi connectivity index (χ1) is 15.0. The molecule has 0 fully saturated rings. The molecule has 1 heterocycles. The quantitative estimate of drug-likeness (QED) is 0.391. The number of aromatic nitrogens is 2. The number of aromatic hydroxyl groups is 3. The van der Waals surface area contributed by atoms with Crippen LogP contribution in [-0.2, 0) is 11.2 Å². The Morgan fingerprint density at radius 2 is 1.26 bits per heavy atom. The molecule has 31 heavy (non-hydrogen) atoms. The largest absolute Gasteiger partial charge is 0.508 e. The molecule has 1 amide bonds. The van der Waals surface area contributed by atoms with E-state index in [1.54, 1.807) is 54.7 Å². The molecule has 154 valence electrons. The highest BCUT2D eigenvalue weighted by Gasteiger charge is 2.15. The zero-order chi connectivity index (χ0) is 21.8. The van der Waals surface area contributed by atoms with Crippen molar-refractivity contribution in [3.8, 4) is 39.8 Å². The summed E-state index contributed by atoms with van der Waals surface area (Å²) in [5, 5.41) is 31.3. The maximum atomic E-state index is 12.6. The fourth-order valence-electron chi connectivity index (χ4n) is 3.05. The van der Waals surface area contributed by atoms with E-state index in [9.17, 15) is 20.1 Å². The van der Waals surface area contributed by atoms with Crippen LogP contribution in [0, 0.1) is 0 Å². The van der Waals surface area contributed by atoms with Crippen LogP contribution in [0.2, 0.25) is 0 Å². The molecule has 0 bridgehead atoms. The molecule has 0 aliphatic heterocycles. The highest BCUT2D eigenvalue weighted by Crippen LogP contribution is 2.29. The van der Waals surface area contributed by atoms with E-state index in [1.807, 2.05) is 0 Å². The smallest absolute Gasteiger partial charge is 0.230 e. The molecule has 4 N–H and O–H groups in total. The van der Waals surface area contributed by atoms with Crippen molar-refractivity contribution in [3.05, 3.63) is 84.6 Å². The molecule has 1 aromatic heterocycles. The van der Waals surface area contributed by atoms with Gasteiger partial charge in [0, 0.05) is 11.1 Å². The summed E-state index contributed by atoms with van der Waals surface area (Å²) in [5.74, 6) is 0.404. The van der Waals surface area contributed by atoms with Crippen LogP contribution in [0.1, 0.15) is 5.56 Å². The summed E-state index contributed by atoms with van der Waals surface area (Å²) in [6, 6.07) is 19.4. The lowest BCUT2D eigenvalue weighted by Gasteiger charge is -2.12. The fourth-order valence-corrected chi connectivity index (χ4v) is 3.05. The number of amides is 1. The monoisotopic (exact) mass is 413 g/mol. The molecule has 0 saturated carbocycles. The Bertz CT molecular complexity index is 1210. The van der Waals surface area contributed by atoms with Gasteiger partial charge in [0.15, 0.2) is 5.82 Å².